The molecule has 110 valence electrons. The summed E-state index contributed by atoms with van der Waals surface area (Å²) in [6.07, 6.45) is 9.39. The fourth-order valence-corrected chi connectivity index (χ4v) is 2.19. The van der Waals surface area contributed by atoms with E-state index >= 15 is 0 Å². The number of imidazole rings is 1. The molecule has 0 atom stereocenters. The van der Waals surface area contributed by atoms with Gasteiger partial charge in [0.25, 0.3) is 0 Å². The van der Waals surface area contributed by atoms with E-state index in [1.807, 2.05) is 7.05 Å². The highest BCUT2D eigenvalue weighted by molar-refractivity contribution is 5.83. The Hall–Kier alpha value is -1.85. The minimum Gasteiger partial charge on any atom is -0.368 e. The fraction of sp³-hybridized carbons (Fsp3) is 0.643. The number of rotatable bonds is 9. The summed E-state index contributed by atoms with van der Waals surface area (Å²) < 4.78 is 0. The number of aromatic amines is 1. The second-order valence-electron chi connectivity index (χ2n) is 4.94. The van der Waals surface area contributed by atoms with Gasteiger partial charge in [-0.1, -0.05) is 39.0 Å². The Morgan fingerprint density at radius 1 is 1.10 bits per heavy atom. The number of hydrogen-bond donors (Lipinski definition) is 3. The molecule has 2 heterocycles. The van der Waals surface area contributed by atoms with Crippen LogP contribution in [0, 0.1) is 0 Å². The normalized spacial score (nSPS) is 10.9. The molecule has 2 rings (SSSR count). The lowest BCUT2D eigenvalue weighted by atomic mass is 10.1. The predicted molar refractivity (Wildman–Crippen MR) is 83.1 cm³/mol. The summed E-state index contributed by atoms with van der Waals surface area (Å²) in [6, 6.07) is 0. The van der Waals surface area contributed by atoms with Crippen molar-refractivity contribution in [3.63, 3.8) is 0 Å². The molecule has 0 bridgehead atoms. The Morgan fingerprint density at radius 3 is 2.70 bits per heavy atom. The van der Waals surface area contributed by atoms with Gasteiger partial charge in [-0.2, -0.15) is 9.97 Å². The molecule has 0 radical (unpaired) electrons. The molecule has 2 aromatic rings. The summed E-state index contributed by atoms with van der Waals surface area (Å²) in [5, 5.41) is 6.33. The maximum atomic E-state index is 4.43. The van der Waals surface area contributed by atoms with Crippen molar-refractivity contribution < 1.29 is 0 Å². The number of aromatic nitrogens is 4. The second kappa shape index (κ2) is 7.67. The van der Waals surface area contributed by atoms with Crippen LogP contribution in [0.15, 0.2) is 6.33 Å². The predicted octanol–water partition coefficient (Wildman–Crippen LogP) is 3.17. The number of fused-ring (bicyclic) bond motifs is 1. The number of nitrogens with one attached hydrogen (secondary N) is 3. The van der Waals surface area contributed by atoms with E-state index in [1.54, 1.807) is 6.33 Å². The first-order valence-corrected chi connectivity index (χ1v) is 7.48. The van der Waals surface area contributed by atoms with Crippen LogP contribution in [0.2, 0.25) is 0 Å². The van der Waals surface area contributed by atoms with Crippen LogP contribution in [0.5, 0.6) is 0 Å². The summed E-state index contributed by atoms with van der Waals surface area (Å²) in [6.45, 7) is 3.17. The van der Waals surface area contributed by atoms with Crippen LogP contribution in [0.25, 0.3) is 11.2 Å². The lowest BCUT2D eigenvalue weighted by Gasteiger charge is -2.08. The Morgan fingerprint density at radius 2 is 1.90 bits per heavy atom. The van der Waals surface area contributed by atoms with Crippen molar-refractivity contribution in [2.75, 3.05) is 24.2 Å². The van der Waals surface area contributed by atoms with E-state index in [1.165, 1.54) is 32.1 Å². The summed E-state index contributed by atoms with van der Waals surface area (Å²) in [7, 11) is 1.81. The maximum Gasteiger partial charge on any atom is 0.226 e. The van der Waals surface area contributed by atoms with Crippen molar-refractivity contribution in [1.82, 2.24) is 19.9 Å². The van der Waals surface area contributed by atoms with E-state index in [0.29, 0.717) is 11.6 Å². The highest BCUT2D eigenvalue weighted by atomic mass is 15.2. The standard InChI is InChI=1S/C14H24N6/c1-3-4-5-6-7-8-9-16-12-11-13(18-10-17-11)20-14(15-2)19-12/h10H,3-9H2,1-2H3,(H3,15,16,17,18,19,20). The molecule has 0 unspecified atom stereocenters. The molecule has 0 spiro atoms. The lowest BCUT2D eigenvalue weighted by Crippen LogP contribution is -2.07. The highest BCUT2D eigenvalue weighted by Gasteiger charge is 2.08. The molecule has 6 heteroatoms. The topological polar surface area (TPSA) is 78.5 Å². The number of anilines is 2. The molecular formula is C14H24N6. The van der Waals surface area contributed by atoms with Crippen LogP contribution in [-0.2, 0) is 0 Å². The Kier molecular flexibility index (Phi) is 5.58. The van der Waals surface area contributed by atoms with Crippen molar-refractivity contribution in [3.8, 4) is 0 Å². The summed E-state index contributed by atoms with van der Waals surface area (Å²) in [4.78, 5) is 16.0. The van der Waals surface area contributed by atoms with Crippen molar-refractivity contribution in [3.05, 3.63) is 6.33 Å². The average Bonchev–Trinajstić information content (AvgIpc) is 2.94. The zero-order valence-corrected chi connectivity index (χ0v) is 12.4. The number of hydrogen-bond acceptors (Lipinski definition) is 5. The largest absolute Gasteiger partial charge is 0.368 e. The molecule has 20 heavy (non-hydrogen) atoms. The van der Waals surface area contributed by atoms with Crippen LogP contribution in [0.1, 0.15) is 45.4 Å². The molecule has 2 aromatic heterocycles. The molecule has 0 saturated heterocycles. The molecule has 6 nitrogen and oxygen atoms in total. The van der Waals surface area contributed by atoms with Gasteiger partial charge in [0.15, 0.2) is 11.5 Å². The first kappa shape index (κ1) is 14.6. The SMILES string of the molecule is CCCCCCCCNc1nc(NC)nc2nc[nH]c12. The van der Waals surface area contributed by atoms with Gasteiger partial charge in [-0.3, -0.25) is 0 Å². The van der Waals surface area contributed by atoms with Crippen LogP contribution in [0.3, 0.4) is 0 Å². The summed E-state index contributed by atoms with van der Waals surface area (Å²) >= 11 is 0. The van der Waals surface area contributed by atoms with Gasteiger partial charge < -0.3 is 15.6 Å². The number of nitrogens with zero attached hydrogens (tertiary/aromatic N) is 3. The Labute approximate surface area is 119 Å². The van der Waals surface area contributed by atoms with Gasteiger partial charge in [0.05, 0.1) is 6.33 Å². The van der Waals surface area contributed by atoms with Crippen molar-refractivity contribution in [2.24, 2.45) is 0 Å². The smallest absolute Gasteiger partial charge is 0.226 e. The van der Waals surface area contributed by atoms with Gasteiger partial charge in [0.1, 0.15) is 5.52 Å². The minimum absolute atomic E-state index is 0.593. The van der Waals surface area contributed by atoms with E-state index in [-0.39, 0.29) is 0 Å². The van der Waals surface area contributed by atoms with E-state index in [0.717, 1.165) is 24.3 Å². The Balaban J connectivity index is 1.84. The zero-order chi connectivity index (χ0) is 14.2. The van der Waals surface area contributed by atoms with E-state index in [2.05, 4.69) is 37.5 Å². The molecule has 0 saturated carbocycles. The minimum atomic E-state index is 0.593. The van der Waals surface area contributed by atoms with E-state index in [4.69, 9.17) is 0 Å². The molecule has 0 aliphatic rings. The first-order chi connectivity index (χ1) is 9.85. The first-order valence-electron chi connectivity index (χ1n) is 7.48. The third-order valence-corrected chi connectivity index (χ3v) is 3.33. The average molecular weight is 276 g/mol. The van der Waals surface area contributed by atoms with Gasteiger partial charge in [-0.25, -0.2) is 4.98 Å². The zero-order valence-electron chi connectivity index (χ0n) is 12.4. The van der Waals surface area contributed by atoms with Gasteiger partial charge in [0.2, 0.25) is 5.95 Å². The third kappa shape index (κ3) is 3.82. The van der Waals surface area contributed by atoms with Crippen molar-refractivity contribution >= 4 is 22.9 Å². The number of unbranched alkanes of at least 4 members (excludes halogenated alkanes) is 5. The molecule has 0 amide bonds. The fourth-order valence-electron chi connectivity index (χ4n) is 2.19. The maximum absolute atomic E-state index is 4.43. The quantitative estimate of drug-likeness (QED) is 0.613. The molecule has 0 fully saturated rings. The highest BCUT2D eigenvalue weighted by Crippen LogP contribution is 2.18. The van der Waals surface area contributed by atoms with E-state index in [9.17, 15) is 0 Å². The van der Waals surface area contributed by atoms with Crippen LogP contribution >= 0.6 is 0 Å². The third-order valence-electron chi connectivity index (χ3n) is 3.33. The molecule has 0 aromatic carbocycles. The molecular weight excluding hydrogens is 252 g/mol. The number of H-pyrrole nitrogens is 1. The summed E-state index contributed by atoms with van der Waals surface area (Å²) in [5.74, 6) is 1.42. The monoisotopic (exact) mass is 276 g/mol. The van der Waals surface area contributed by atoms with Crippen LogP contribution in [0.4, 0.5) is 11.8 Å². The molecule has 0 aliphatic carbocycles. The summed E-state index contributed by atoms with van der Waals surface area (Å²) in [5.41, 5.74) is 1.56. The second-order valence-corrected chi connectivity index (χ2v) is 4.94. The van der Waals surface area contributed by atoms with Gasteiger partial charge in [0, 0.05) is 13.6 Å². The van der Waals surface area contributed by atoms with Gasteiger partial charge >= 0.3 is 0 Å². The van der Waals surface area contributed by atoms with Gasteiger partial charge in [-0.15, -0.1) is 0 Å². The molecule has 0 aliphatic heterocycles. The Bertz CT molecular complexity index is 521. The van der Waals surface area contributed by atoms with Crippen LogP contribution < -0.4 is 10.6 Å². The van der Waals surface area contributed by atoms with Crippen molar-refractivity contribution in [1.29, 1.82) is 0 Å². The van der Waals surface area contributed by atoms with Gasteiger partial charge in [-0.05, 0) is 6.42 Å². The van der Waals surface area contributed by atoms with E-state index < -0.39 is 0 Å². The van der Waals surface area contributed by atoms with Crippen LogP contribution in [-0.4, -0.2) is 33.5 Å². The lowest BCUT2D eigenvalue weighted by molar-refractivity contribution is 0.617. The van der Waals surface area contributed by atoms with Crippen molar-refractivity contribution in [2.45, 2.75) is 45.4 Å². The molecule has 3 N–H and O–H groups in total.